The van der Waals surface area contributed by atoms with Crippen LogP contribution in [-0.4, -0.2) is 56.3 Å². The number of rotatable bonds is 5. The quantitative estimate of drug-likeness (QED) is 0.177. The molecule has 5 nitrogen and oxygen atoms in total. The molecule has 3 fully saturated rings. The van der Waals surface area contributed by atoms with Gasteiger partial charge >= 0.3 is 5.97 Å². The summed E-state index contributed by atoms with van der Waals surface area (Å²) < 4.78 is 64.9. The Morgan fingerprint density at radius 1 is 1.23 bits per heavy atom. The average Bonchev–Trinajstić information content (AvgIpc) is 3.09. The van der Waals surface area contributed by atoms with E-state index in [1.54, 1.807) is 13.8 Å². The van der Waals surface area contributed by atoms with Crippen LogP contribution in [0.5, 0.6) is 0 Å². The zero-order valence-electron chi connectivity index (χ0n) is 22.1. The van der Waals surface area contributed by atoms with E-state index in [2.05, 4.69) is 0 Å². The molecule has 0 saturated heterocycles. The topological polar surface area (TPSA) is 83.8 Å². The average molecular weight is 599 g/mol. The fourth-order valence-corrected chi connectivity index (χ4v) is 9.28. The molecule has 0 radical (unpaired) electrons. The van der Waals surface area contributed by atoms with Gasteiger partial charge in [0.1, 0.15) is 6.17 Å². The number of halogens is 4. The maximum Gasteiger partial charge on any atom is 0.339 e. The Labute approximate surface area is 239 Å². The van der Waals surface area contributed by atoms with Crippen molar-refractivity contribution in [3.8, 4) is 0 Å². The molecule has 1 aromatic carbocycles. The summed E-state index contributed by atoms with van der Waals surface area (Å²) in [5.41, 5.74) is -7.13. The second-order valence-electron chi connectivity index (χ2n) is 11.8. The molecule has 216 valence electrons. The summed E-state index contributed by atoms with van der Waals surface area (Å²) in [5, 5.41) is 21.8. The highest BCUT2D eigenvalue weighted by Crippen LogP contribution is 2.71. The van der Waals surface area contributed by atoms with Crippen LogP contribution in [0.1, 0.15) is 50.4 Å². The minimum absolute atomic E-state index is 0.00984. The van der Waals surface area contributed by atoms with E-state index in [1.165, 1.54) is 43.3 Å². The molecule has 1 aromatic rings. The number of alkyl halides is 4. The molecule has 0 unspecified atom stereocenters. The molecule has 0 aliphatic heterocycles. The smallest absolute Gasteiger partial charge is 0.339 e. The van der Waals surface area contributed by atoms with E-state index in [9.17, 15) is 28.6 Å². The van der Waals surface area contributed by atoms with Crippen molar-refractivity contribution in [1.29, 1.82) is 0 Å². The van der Waals surface area contributed by atoms with Crippen molar-refractivity contribution in [2.24, 2.45) is 28.6 Å². The lowest BCUT2D eigenvalue weighted by atomic mass is 9.44. The van der Waals surface area contributed by atoms with Crippen molar-refractivity contribution < 1.29 is 42.1 Å². The van der Waals surface area contributed by atoms with Gasteiger partial charge in [0, 0.05) is 27.6 Å². The van der Waals surface area contributed by atoms with E-state index in [0.717, 1.165) is 6.08 Å². The van der Waals surface area contributed by atoms with Crippen LogP contribution in [0.25, 0.3) is 0 Å². The van der Waals surface area contributed by atoms with Crippen molar-refractivity contribution >= 4 is 40.8 Å². The van der Waals surface area contributed by atoms with Crippen molar-refractivity contribution in [1.82, 2.24) is 0 Å². The number of esters is 1. The Kier molecular flexibility index (Phi) is 7.07. The standard InChI is InChI=1S/C29H30F4O5S2/c1-14-9-18-19-12-21(30)20-11-16(34)7-8-26(20,2)28(19,33)22(35)13-27(18,3)29(14,24(37)39)38-23(36)15-5-4-6-17(10-15)40-25(31)32/h4-8,10-11,14,18-19,21-22,25,35H,9,12-13H2,1-3H3,(H,37,39)/t14-,18+,19+,21+,22+,26+,27+,28+,29+/m1/s1. The van der Waals surface area contributed by atoms with E-state index in [4.69, 9.17) is 17.0 Å². The first kappa shape index (κ1) is 29.3. The van der Waals surface area contributed by atoms with E-state index >= 15 is 8.78 Å². The number of hydrogen-bond acceptors (Lipinski definition) is 6. The van der Waals surface area contributed by atoms with E-state index < -0.39 is 74.7 Å². The molecule has 11 heteroatoms. The molecule has 3 saturated carbocycles. The highest BCUT2D eigenvalue weighted by molar-refractivity contribution is 7.99. The van der Waals surface area contributed by atoms with Gasteiger partial charge in [-0.25, -0.2) is 13.6 Å². The summed E-state index contributed by atoms with van der Waals surface area (Å²) in [6, 6.07) is 5.47. The highest BCUT2D eigenvalue weighted by atomic mass is 32.2. The Bertz CT molecular complexity index is 1330. The van der Waals surface area contributed by atoms with Gasteiger partial charge in [-0.05, 0) is 80.2 Å². The molecule has 0 bridgehead atoms. The number of thioether (sulfide) groups is 1. The molecule has 9 atom stereocenters. The number of hydrogen-bond donors (Lipinski definition) is 2. The lowest BCUT2D eigenvalue weighted by Crippen LogP contribution is -2.70. The summed E-state index contributed by atoms with van der Waals surface area (Å²) >= 11 is 5.53. The number of thiocarbonyl (C=S) groups is 1. The molecule has 2 N–H and O–H groups in total. The zero-order chi connectivity index (χ0) is 29.4. The van der Waals surface area contributed by atoms with Crippen molar-refractivity contribution in [3.05, 3.63) is 53.6 Å². The number of aliphatic hydroxyl groups excluding tert-OH is 2. The van der Waals surface area contributed by atoms with Crippen LogP contribution in [0.2, 0.25) is 0 Å². The first-order valence-corrected chi connectivity index (χ1v) is 14.4. The molecule has 0 heterocycles. The van der Waals surface area contributed by atoms with Crippen LogP contribution in [0.4, 0.5) is 17.6 Å². The minimum atomic E-state index is -2.70. The van der Waals surface area contributed by atoms with Gasteiger partial charge in [0.2, 0.25) is 5.05 Å². The van der Waals surface area contributed by atoms with Crippen molar-refractivity contribution in [2.45, 2.75) is 74.2 Å². The Morgan fingerprint density at radius 3 is 2.58 bits per heavy atom. The van der Waals surface area contributed by atoms with E-state index in [0.29, 0.717) is 0 Å². The Hall–Kier alpha value is -2.24. The summed E-state index contributed by atoms with van der Waals surface area (Å²) in [4.78, 5) is 25.6. The van der Waals surface area contributed by atoms with Gasteiger partial charge in [-0.1, -0.05) is 37.8 Å². The second-order valence-corrected chi connectivity index (χ2v) is 13.3. The SMILES string of the molecule is C[C@@H]1C[C@H]2[C@@H]3C[C@H](F)C4=CC(=O)C=C[C@]4(C)[C@@]3(F)[C@@H](O)C[C@]2(C)[C@@]1(OC(=O)c1cccc(SC(F)F)c1)C(O)=S. The van der Waals surface area contributed by atoms with Gasteiger partial charge in [0.15, 0.2) is 17.1 Å². The molecular formula is C29H30F4O5S2. The van der Waals surface area contributed by atoms with Crippen LogP contribution >= 0.6 is 24.0 Å². The van der Waals surface area contributed by atoms with Crippen LogP contribution in [0.15, 0.2) is 53.0 Å². The first-order chi connectivity index (χ1) is 18.6. The molecular weight excluding hydrogens is 568 g/mol. The number of ketones is 1. The van der Waals surface area contributed by atoms with Gasteiger partial charge in [-0.2, -0.15) is 8.78 Å². The number of fused-ring (bicyclic) bond motifs is 5. The number of ether oxygens (including phenoxy) is 1. The van der Waals surface area contributed by atoms with Crippen LogP contribution < -0.4 is 0 Å². The summed E-state index contributed by atoms with van der Waals surface area (Å²) in [5.74, 6) is -6.45. The lowest BCUT2D eigenvalue weighted by Gasteiger charge is -2.63. The Morgan fingerprint density at radius 2 is 1.93 bits per heavy atom. The van der Waals surface area contributed by atoms with Crippen LogP contribution in [0.3, 0.4) is 0 Å². The van der Waals surface area contributed by atoms with Crippen LogP contribution in [0, 0.1) is 28.6 Å². The van der Waals surface area contributed by atoms with Crippen LogP contribution in [-0.2, 0) is 9.53 Å². The van der Waals surface area contributed by atoms with E-state index in [1.807, 2.05) is 0 Å². The molecule has 5 rings (SSSR count). The molecule has 4 aliphatic rings. The van der Waals surface area contributed by atoms with Gasteiger partial charge in [-0.3, -0.25) is 4.79 Å². The number of carbonyl (C=O) groups is 2. The van der Waals surface area contributed by atoms with Gasteiger partial charge < -0.3 is 14.9 Å². The predicted molar refractivity (Wildman–Crippen MR) is 145 cm³/mol. The maximum absolute atomic E-state index is 17.4. The number of benzene rings is 1. The second kappa shape index (κ2) is 9.66. The van der Waals surface area contributed by atoms with Crippen molar-refractivity contribution in [3.63, 3.8) is 0 Å². The molecule has 0 amide bonds. The number of carbonyl (C=O) groups excluding carboxylic acids is 2. The largest absolute Gasteiger partial charge is 0.499 e. The molecule has 0 aromatic heterocycles. The van der Waals surface area contributed by atoms with Gasteiger partial charge in [-0.15, -0.1) is 0 Å². The zero-order valence-corrected chi connectivity index (χ0v) is 23.7. The third-order valence-electron chi connectivity index (χ3n) is 10.0. The molecule has 4 aliphatic carbocycles. The van der Waals surface area contributed by atoms with Crippen molar-refractivity contribution in [2.75, 3.05) is 0 Å². The third-order valence-corrected chi connectivity index (χ3v) is 11.0. The fourth-order valence-electron chi connectivity index (χ4n) is 8.24. The van der Waals surface area contributed by atoms with Gasteiger partial charge in [0.05, 0.1) is 11.7 Å². The van der Waals surface area contributed by atoms with Gasteiger partial charge in [0.25, 0.3) is 5.76 Å². The predicted octanol–water partition coefficient (Wildman–Crippen LogP) is 6.35. The fraction of sp³-hybridized carbons (Fsp3) is 0.552. The highest BCUT2D eigenvalue weighted by Gasteiger charge is 2.77. The third kappa shape index (κ3) is 3.86. The summed E-state index contributed by atoms with van der Waals surface area (Å²) in [7, 11) is 0. The number of allylic oxidation sites excluding steroid dienone is 4. The molecule has 40 heavy (non-hydrogen) atoms. The maximum atomic E-state index is 17.4. The summed E-state index contributed by atoms with van der Waals surface area (Å²) in [6.45, 7) is 4.83. The number of aliphatic hydroxyl groups is 2. The normalized spacial score (nSPS) is 42.1. The molecule has 0 spiro atoms. The summed E-state index contributed by atoms with van der Waals surface area (Å²) in [6.07, 6.45) is -0.0688. The minimum Gasteiger partial charge on any atom is -0.499 e. The monoisotopic (exact) mass is 598 g/mol. The first-order valence-electron chi connectivity index (χ1n) is 13.1. The lowest BCUT2D eigenvalue weighted by molar-refractivity contribution is -0.215. The Balaban J connectivity index is 1.56. The van der Waals surface area contributed by atoms with E-state index in [-0.39, 0.29) is 47.1 Å².